The fraction of sp³-hybridized carbons (Fsp3) is 0.650. The van der Waals surface area contributed by atoms with Crippen molar-refractivity contribution >= 4 is 15.9 Å². The number of likely N-dealkylation sites (tertiary alicyclic amines) is 1. The number of hydrogen-bond donors (Lipinski definition) is 1. The van der Waals surface area contributed by atoms with Gasteiger partial charge in [-0.2, -0.15) is 4.31 Å². The minimum atomic E-state index is -3.81. The second-order valence-corrected chi connectivity index (χ2v) is 9.28. The first-order valence-corrected chi connectivity index (χ1v) is 11.5. The molecule has 0 saturated carbocycles. The summed E-state index contributed by atoms with van der Waals surface area (Å²) in [7, 11) is 0.500. The summed E-state index contributed by atoms with van der Waals surface area (Å²) < 4.78 is 36.8. The highest BCUT2D eigenvalue weighted by Gasteiger charge is 2.24. The molecule has 1 aliphatic heterocycles. The smallest absolute Gasteiger partial charge is 0.243 e. The number of carbonyl (C=O) groups is 1. The van der Waals surface area contributed by atoms with E-state index in [2.05, 4.69) is 10.2 Å². The molecule has 8 nitrogen and oxygen atoms in total. The van der Waals surface area contributed by atoms with Gasteiger partial charge in [0.25, 0.3) is 0 Å². The van der Waals surface area contributed by atoms with Crippen molar-refractivity contribution in [2.75, 3.05) is 54.0 Å². The Hall–Kier alpha value is -1.84. The molecule has 0 bridgehead atoms. The number of hydrogen-bond acceptors (Lipinski definition) is 6. The number of rotatable bonds is 10. The number of ether oxygens (including phenoxy) is 2. The van der Waals surface area contributed by atoms with Crippen LogP contribution in [0.15, 0.2) is 23.1 Å². The zero-order valence-corrected chi connectivity index (χ0v) is 18.5. The van der Waals surface area contributed by atoms with Gasteiger partial charge in [0.2, 0.25) is 15.9 Å². The Morgan fingerprint density at radius 2 is 1.76 bits per heavy atom. The van der Waals surface area contributed by atoms with Crippen molar-refractivity contribution < 1.29 is 22.7 Å². The van der Waals surface area contributed by atoms with Gasteiger partial charge in [0.15, 0.2) is 11.5 Å². The molecule has 2 rings (SSSR count). The number of nitrogens with zero attached hydrogens (tertiary/aromatic N) is 2. The summed E-state index contributed by atoms with van der Waals surface area (Å²) in [5, 5.41) is 2.82. The van der Waals surface area contributed by atoms with E-state index in [-0.39, 0.29) is 17.3 Å². The number of carbonyl (C=O) groups excluding carboxylic acids is 1. The normalized spacial score (nSPS) is 15.7. The molecule has 1 N–H and O–H groups in total. The third-order valence-corrected chi connectivity index (χ3v) is 6.90. The molecule has 29 heavy (non-hydrogen) atoms. The van der Waals surface area contributed by atoms with Gasteiger partial charge in [0, 0.05) is 19.7 Å². The summed E-state index contributed by atoms with van der Waals surface area (Å²) in [6.45, 7) is 3.51. The van der Waals surface area contributed by atoms with Crippen LogP contribution in [0.4, 0.5) is 0 Å². The quantitative estimate of drug-likeness (QED) is 0.572. The van der Waals surface area contributed by atoms with Crippen molar-refractivity contribution in [3.63, 3.8) is 0 Å². The molecule has 1 fully saturated rings. The fourth-order valence-electron chi connectivity index (χ4n) is 3.39. The Balaban J connectivity index is 1.83. The zero-order valence-electron chi connectivity index (χ0n) is 17.6. The van der Waals surface area contributed by atoms with Crippen molar-refractivity contribution in [3.8, 4) is 11.5 Å². The maximum Gasteiger partial charge on any atom is 0.243 e. The molecule has 9 heteroatoms. The van der Waals surface area contributed by atoms with E-state index >= 15 is 0 Å². The average Bonchev–Trinajstić information content (AvgIpc) is 2.99. The highest BCUT2D eigenvalue weighted by molar-refractivity contribution is 7.89. The van der Waals surface area contributed by atoms with Crippen LogP contribution < -0.4 is 14.8 Å². The van der Waals surface area contributed by atoms with Crippen molar-refractivity contribution in [2.24, 2.45) is 0 Å². The third-order valence-electron chi connectivity index (χ3n) is 5.10. The van der Waals surface area contributed by atoms with Gasteiger partial charge in [-0.15, -0.1) is 0 Å². The van der Waals surface area contributed by atoms with Crippen molar-refractivity contribution in [1.29, 1.82) is 0 Å². The summed E-state index contributed by atoms with van der Waals surface area (Å²) in [6.07, 6.45) is 5.94. The molecular weight excluding hydrogens is 394 g/mol. The topological polar surface area (TPSA) is 88.2 Å². The molecule has 0 spiro atoms. The minimum absolute atomic E-state index is 0.0478. The van der Waals surface area contributed by atoms with Crippen LogP contribution >= 0.6 is 0 Å². The van der Waals surface area contributed by atoms with Gasteiger partial charge in [-0.05, 0) is 51.0 Å². The highest BCUT2D eigenvalue weighted by atomic mass is 32.2. The van der Waals surface area contributed by atoms with E-state index in [1.54, 1.807) is 0 Å². The van der Waals surface area contributed by atoms with Gasteiger partial charge >= 0.3 is 0 Å². The lowest BCUT2D eigenvalue weighted by Gasteiger charge is -2.20. The van der Waals surface area contributed by atoms with Crippen molar-refractivity contribution in [2.45, 2.75) is 37.0 Å². The molecule has 0 radical (unpaired) electrons. The summed E-state index contributed by atoms with van der Waals surface area (Å²) in [5.41, 5.74) is 0. The number of likely N-dealkylation sites (N-methyl/N-ethyl adjacent to an activating group) is 1. The highest BCUT2D eigenvalue weighted by Crippen LogP contribution is 2.30. The molecule has 0 unspecified atom stereocenters. The standard InChI is InChI=1S/C20H33N3O5S/c1-22(29(25,26)17-9-10-18(27-2)19(15-17)28-3)16-20(24)21-11-8-14-23-12-6-4-5-7-13-23/h9-10,15H,4-8,11-14,16H2,1-3H3,(H,21,24). The fourth-order valence-corrected chi connectivity index (χ4v) is 4.53. The van der Waals surface area contributed by atoms with E-state index in [1.807, 2.05) is 0 Å². The average molecular weight is 428 g/mol. The van der Waals surface area contributed by atoms with Crippen LogP contribution in [0.5, 0.6) is 11.5 Å². The summed E-state index contributed by atoms with van der Waals surface area (Å²) in [5.74, 6) is 0.448. The predicted octanol–water partition coefficient (Wildman–Crippen LogP) is 1.71. The van der Waals surface area contributed by atoms with Gasteiger partial charge in [0.1, 0.15) is 0 Å². The Morgan fingerprint density at radius 1 is 1.10 bits per heavy atom. The zero-order chi connectivity index (χ0) is 21.3. The predicted molar refractivity (Wildman–Crippen MR) is 112 cm³/mol. The molecule has 0 aliphatic carbocycles. The van der Waals surface area contributed by atoms with Crippen LogP contribution in [-0.2, 0) is 14.8 Å². The number of amides is 1. The van der Waals surface area contributed by atoms with Gasteiger partial charge in [-0.25, -0.2) is 8.42 Å². The van der Waals surface area contributed by atoms with Crippen LogP contribution in [0, 0.1) is 0 Å². The second-order valence-electron chi connectivity index (χ2n) is 7.24. The van der Waals surface area contributed by atoms with E-state index in [9.17, 15) is 13.2 Å². The molecule has 1 aliphatic rings. The summed E-state index contributed by atoms with van der Waals surface area (Å²) in [6, 6.07) is 4.36. The lowest BCUT2D eigenvalue weighted by atomic mass is 10.2. The number of nitrogens with one attached hydrogen (secondary N) is 1. The maximum absolute atomic E-state index is 12.7. The molecule has 164 valence electrons. The second kappa shape index (κ2) is 11.4. The van der Waals surface area contributed by atoms with Gasteiger partial charge in [-0.3, -0.25) is 4.79 Å². The molecule has 1 aromatic carbocycles. The van der Waals surface area contributed by atoms with E-state index in [0.717, 1.165) is 30.4 Å². The van der Waals surface area contributed by atoms with E-state index in [4.69, 9.17) is 9.47 Å². The summed E-state index contributed by atoms with van der Waals surface area (Å²) in [4.78, 5) is 14.7. The van der Waals surface area contributed by atoms with Crippen molar-refractivity contribution in [1.82, 2.24) is 14.5 Å². The largest absolute Gasteiger partial charge is 0.493 e. The van der Waals surface area contributed by atoms with Crippen LogP contribution in [0.1, 0.15) is 32.1 Å². The van der Waals surface area contributed by atoms with Crippen LogP contribution in [-0.4, -0.2) is 77.5 Å². The van der Waals surface area contributed by atoms with Gasteiger partial charge in [-0.1, -0.05) is 12.8 Å². The van der Waals surface area contributed by atoms with Gasteiger partial charge in [0.05, 0.1) is 25.7 Å². The van der Waals surface area contributed by atoms with Crippen molar-refractivity contribution in [3.05, 3.63) is 18.2 Å². The Morgan fingerprint density at radius 3 is 2.38 bits per heavy atom. The first-order valence-electron chi connectivity index (χ1n) is 10.1. The number of sulfonamides is 1. The first kappa shape index (κ1) is 23.4. The molecule has 1 heterocycles. The van der Waals surface area contributed by atoms with Crippen LogP contribution in [0.2, 0.25) is 0 Å². The summed E-state index contributed by atoms with van der Waals surface area (Å²) >= 11 is 0. The molecule has 0 atom stereocenters. The van der Waals surface area contributed by atoms with E-state index in [0.29, 0.717) is 18.0 Å². The third kappa shape index (κ3) is 6.87. The van der Waals surface area contributed by atoms with Crippen LogP contribution in [0.25, 0.3) is 0 Å². The first-order chi connectivity index (χ1) is 13.9. The molecule has 1 saturated heterocycles. The molecular formula is C20H33N3O5S. The van der Waals surface area contributed by atoms with E-state index < -0.39 is 10.0 Å². The molecule has 1 aromatic rings. The number of methoxy groups -OCH3 is 2. The number of benzene rings is 1. The Kier molecular flexibility index (Phi) is 9.19. The Labute approximate surface area is 174 Å². The van der Waals surface area contributed by atoms with Gasteiger partial charge < -0.3 is 19.7 Å². The lowest BCUT2D eigenvalue weighted by Crippen LogP contribution is -2.39. The molecule has 1 amide bonds. The Bertz CT molecular complexity index is 761. The molecule has 0 aromatic heterocycles. The maximum atomic E-state index is 12.7. The van der Waals surface area contributed by atoms with Crippen LogP contribution in [0.3, 0.4) is 0 Å². The van der Waals surface area contributed by atoms with E-state index in [1.165, 1.54) is 65.1 Å². The monoisotopic (exact) mass is 427 g/mol. The SMILES string of the molecule is COc1ccc(S(=O)(=O)N(C)CC(=O)NCCCN2CCCCCC2)cc1OC. The lowest BCUT2D eigenvalue weighted by molar-refractivity contribution is -0.121. The minimum Gasteiger partial charge on any atom is -0.493 e.